The lowest BCUT2D eigenvalue weighted by molar-refractivity contribution is 0.302. The fraction of sp³-hybridized carbons (Fsp3) is 0.308. The molecule has 5 nitrogen and oxygen atoms in total. The SMILES string of the molecule is Cn1ccn(CCCOc2ccccc2N)c1=O. The summed E-state index contributed by atoms with van der Waals surface area (Å²) in [5.74, 6) is 0.693. The molecule has 0 fully saturated rings. The van der Waals surface area contributed by atoms with Crippen LogP contribution in [0.15, 0.2) is 41.5 Å². The topological polar surface area (TPSA) is 62.2 Å². The lowest BCUT2D eigenvalue weighted by Crippen LogP contribution is -2.22. The minimum atomic E-state index is -0.00535. The van der Waals surface area contributed by atoms with Gasteiger partial charge in [-0.2, -0.15) is 0 Å². The number of ether oxygens (including phenoxy) is 1. The number of nitrogen functional groups attached to an aromatic ring is 1. The van der Waals surface area contributed by atoms with E-state index < -0.39 is 0 Å². The third kappa shape index (κ3) is 2.74. The predicted octanol–water partition coefficient (Wildman–Crippen LogP) is 1.24. The lowest BCUT2D eigenvalue weighted by atomic mass is 10.3. The molecular formula is C13H17N3O2. The Morgan fingerprint density at radius 3 is 2.72 bits per heavy atom. The van der Waals surface area contributed by atoms with E-state index in [2.05, 4.69) is 0 Å². The molecule has 0 saturated heterocycles. The third-order valence-electron chi connectivity index (χ3n) is 2.74. The van der Waals surface area contributed by atoms with E-state index in [1.165, 1.54) is 0 Å². The quantitative estimate of drug-likeness (QED) is 0.638. The number of nitrogens with two attached hydrogens (primary N) is 1. The van der Waals surface area contributed by atoms with E-state index in [0.29, 0.717) is 24.6 Å². The van der Waals surface area contributed by atoms with Gasteiger partial charge < -0.3 is 15.0 Å². The Labute approximate surface area is 105 Å². The molecule has 0 saturated carbocycles. The molecule has 0 radical (unpaired) electrons. The van der Waals surface area contributed by atoms with Gasteiger partial charge in [0.1, 0.15) is 5.75 Å². The lowest BCUT2D eigenvalue weighted by Gasteiger charge is -2.08. The summed E-state index contributed by atoms with van der Waals surface area (Å²) in [4.78, 5) is 11.6. The van der Waals surface area contributed by atoms with Gasteiger partial charge >= 0.3 is 5.69 Å². The average molecular weight is 247 g/mol. The molecule has 0 aliphatic carbocycles. The molecule has 1 aromatic carbocycles. The summed E-state index contributed by atoms with van der Waals surface area (Å²) >= 11 is 0. The first-order valence-electron chi connectivity index (χ1n) is 5.87. The van der Waals surface area contributed by atoms with E-state index in [1.807, 2.05) is 18.2 Å². The number of hydrogen-bond acceptors (Lipinski definition) is 3. The summed E-state index contributed by atoms with van der Waals surface area (Å²) in [5, 5.41) is 0. The minimum absolute atomic E-state index is 0.00535. The maximum Gasteiger partial charge on any atom is 0.327 e. The Hall–Kier alpha value is -2.17. The standard InChI is InChI=1S/C13H17N3O2/c1-15-8-9-16(13(15)17)7-4-10-18-12-6-3-2-5-11(12)14/h2-3,5-6,8-9H,4,7,10,14H2,1H3. The van der Waals surface area contributed by atoms with Crippen LogP contribution in [-0.2, 0) is 13.6 Å². The van der Waals surface area contributed by atoms with Gasteiger partial charge in [-0.15, -0.1) is 0 Å². The van der Waals surface area contributed by atoms with Crippen molar-refractivity contribution in [3.8, 4) is 5.75 Å². The van der Waals surface area contributed by atoms with Crippen LogP contribution in [0.1, 0.15) is 6.42 Å². The Morgan fingerprint density at radius 2 is 2.06 bits per heavy atom. The number of anilines is 1. The molecule has 18 heavy (non-hydrogen) atoms. The second kappa shape index (κ2) is 5.44. The van der Waals surface area contributed by atoms with Crippen LogP contribution >= 0.6 is 0 Å². The first-order valence-corrected chi connectivity index (χ1v) is 5.87. The molecule has 0 atom stereocenters. The van der Waals surface area contributed by atoms with Crippen molar-refractivity contribution in [1.82, 2.24) is 9.13 Å². The van der Waals surface area contributed by atoms with Crippen molar-refractivity contribution in [2.24, 2.45) is 7.05 Å². The third-order valence-corrected chi connectivity index (χ3v) is 2.74. The van der Waals surface area contributed by atoms with E-state index in [0.717, 1.165) is 6.42 Å². The molecule has 0 aliphatic heterocycles. The molecule has 1 heterocycles. The van der Waals surface area contributed by atoms with Crippen molar-refractivity contribution in [2.45, 2.75) is 13.0 Å². The minimum Gasteiger partial charge on any atom is -0.491 e. The van der Waals surface area contributed by atoms with Crippen molar-refractivity contribution >= 4 is 5.69 Å². The molecule has 5 heteroatoms. The van der Waals surface area contributed by atoms with Crippen LogP contribution in [0.3, 0.4) is 0 Å². The highest BCUT2D eigenvalue weighted by molar-refractivity contribution is 5.51. The van der Waals surface area contributed by atoms with Gasteiger partial charge in [0.2, 0.25) is 0 Å². The van der Waals surface area contributed by atoms with Crippen LogP contribution in [-0.4, -0.2) is 15.7 Å². The summed E-state index contributed by atoms with van der Waals surface area (Å²) in [5.41, 5.74) is 6.39. The number of benzene rings is 1. The van der Waals surface area contributed by atoms with Gasteiger partial charge in [-0.3, -0.25) is 4.57 Å². The number of para-hydroxylation sites is 2. The summed E-state index contributed by atoms with van der Waals surface area (Å²) in [6.07, 6.45) is 4.29. The largest absolute Gasteiger partial charge is 0.491 e. The monoisotopic (exact) mass is 247 g/mol. The average Bonchev–Trinajstić information content (AvgIpc) is 2.68. The van der Waals surface area contributed by atoms with E-state index in [-0.39, 0.29) is 5.69 Å². The van der Waals surface area contributed by atoms with Crippen molar-refractivity contribution in [3.63, 3.8) is 0 Å². The molecule has 0 spiro atoms. The van der Waals surface area contributed by atoms with Crippen molar-refractivity contribution in [2.75, 3.05) is 12.3 Å². The van der Waals surface area contributed by atoms with Gasteiger partial charge in [0.15, 0.2) is 0 Å². The number of nitrogens with zero attached hydrogens (tertiary/aromatic N) is 2. The second-order valence-electron chi connectivity index (χ2n) is 4.12. The molecule has 0 amide bonds. The van der Waals surface area contributed by atoms with Crippen molar-refractivity contribution < 1.29 is 4.74 Å². The zero-order chi connectivity index (χ0) is 13.0. The van der Waals surface area contributed by atoms with Crippen LogP contribution in [0.4, 0.5) is 5.69 Å². The first-order chi connectivity index (χ1) is 8.68. The smallest absolute Gasteiger partial charge is 0.327 e. The van der Waals surface area contributed by atoms with E-state index in [1.54, 1.807) is 34.6 Å². The molecule has 96 valence electrons. The zero-order valence-corrected chi connectivity index (χ0v) is 10.4. The van der Waals surface area contributed by atoms with Crippen LogP contribution in [0.2, 0.25) is 0 Å². The predicted molar refractivity (Wildman–Crippen MR) is 70.6 cm³/mol. The number of aromatic nitrogens is 2. The zero-order valence-electron chi connectivity index (χ0n) is 10.4. The summed E-state index contributed by atoms with van der Waals surface area (Å²) in [6, 6.07) is 7.39. The number of aryl methyl sites for hydroxylation is 2. The molecule has 1 aromatic heterocycles. The van der Waals surface area contributed by atoms with Gasteiger partial charge in [-0.05, 0) is 18.6 Å². The second-order valence-corrected chi connectivity index (χ2v) is 4.12. The normalized spacial score (nSPS) is 10.5. The van der Waals surface area contributed by atoms with Gasteiger partial charge in [0.05, 0.1) is 12.3 Å². The maximum absolute atomic E-state index is 11.6. The summed E-state index contributed by atoms with van der Waals surface area (Å²) in [6.45, 7) is 1.18. The van der Waals surface area contributed by atoms with Crippen LogP contribution in [0.25, 0.3) is 0 Å². The van der Waals surface area contributed by atoms with Gasteiger partial charge in [0, 0.05) is 26.0 Å². The molecule has 0 aliphatic rings. The van der Waals surface area contributed by atoms with Gasteiger partial charge in [-0.25, -0.2) is 4.79 Å². The Balaban J connectivity index is 1.82. The summed E-state index contributed by atoms with van der Waals surface area (Å²) in [7, 11) is 1.74. The maximum atomic E-state index is 11.6. The van der Waals surface area contributed by atoms with E-state index in [4.69, 9.17) is 10.5 Å². The highest BCUT2D eigenvalue weighted by Gasteiger charge is 2.01. The highest BCUT2D eigenvalue weighted by atomic mass is 16.5. The number of rotatable bonds is 5. The summed E-state index contributed by atoms with van der Waals surface area (Å²) < 4.78 is 8.77. The Bertz CT molecular complexity index is 572. The van der Waals surface area contributed by atoms with E-state index in [9.17, 15) is 4.79 Å². The molecule has 2 N–H and O–H groups in total. The van der Waals surface area contributed by atoms with Crippen LogP contribution < -0.4 is 16.2 Å². The van der Waals surface area contributed by atoms with Gasteiger partial charge in [-0.1, -0.05) is 12.1 Å². The first kappa shape index (κ1) is 12.3. The number of hydrogen-bond donors (Lipinski definition) is 1. The van der Waals surface area contributed by atoms with Crippen LogP contribution in [0.5, 0.6) is 5.75 Å². The van der Waals surface area contributed by atoms with Crippen LogP contribution in [0, 0.1) is 0 Å². The Morgan fingerprint density at radius 1 is 1.28 bits per heavy atom. The molecule has 2 rings (SSSR count). The highest BCUT2D eigenvalue weighted by Crippen LogP contribution is 2.19. The van der Waals surface area contributed by atoms with Crippen molar-refractivity contribution in [3.05, 3.63) is 47.1 Å². The number of imidazole rings is 1. The fourth-order valence-electron chi connectivity index (χ4n) is 1.71. The molecule has 0 bridgehead atoms. The Kier molecular flexibility index (Phi) is 3.72. The fourth-order valence-corrected chi connectivity index (χ4v) is 1.71. The van der Waals surface area contributed by atoms with Crippen molar-refractivity contribution in [1.29, 1.82) is 0 Å². The van der Waals surface area contributed by atoms with Gasteiger partial charge in [0.25, 0.3) is 0 Å². The molecule has 2 aromatic rings. The molecular weight excluding hydrogens is 230 g/mol. The molecule has 0 unspecified atom stereocenters. The van der Waals surface area contributed by atoms with E-state index >= 15 is 0 Å².